The van der Waals surface area contributed by atoms with E-state index in [9.17, 15) is 23.0 Å². The number of alkyl halides is 2. The van der Waals surface area contributed by atoms with Gasteiger partial charge in [-0.25, -0.2) is 4.57 Å². The van der Waals surface area contributed by atoms with Crippen molar-refractivity contribution in [1.29, 1.82) is 0 Å². The first-order valence-electron chi connectivity index (χ1n) is 8.28. The minimum Gasteiger partial charge on any atom is -0.420 e. The number of hydrogen-bond acceptors (Lipinski definition) is 4. The van der Waals surface area contributed by atoms with Crippen molar-refractivity contribution in [2.75, 3.05) is 0 Å². The van der Waals surface area contributed by atoms with Crippen LogP contribution in [0.3, 0.4) is 0 Å². The lowest BCUT2D eigenvalue weighted by atomic mass is 9.76. The number of benzene rings is 1. The molecule has 1 unspecified atom stereocenters. The Bertz CT molecular complexity index is 770. The van der Waals surface area contributed by atoms with E-state index in [1.54, 1.807) is 0 Å². The van der Waals surface area contributed by atoms with Gasteiger partial charge in [0, 0.05) is 12.7 Å². The van der Waals surface area contributed by atoms with Crippen molar-refractivity contribution in [3.63, 3.8) is 0 Å². The summed E-state index contributed by atoms with van der Waals surface area (Å²) in [5, 5.41) is -0.0382. The van der Waals surface area contributed by atoms with Gasteiger partial charge in [0.25, 0.3) is 0 Å². The second kappa shape index (κ2) is 8.52. The van der Waals surface area contributed by atoms with Crippen LogP contribution < -0.4 is 4.52 Å². The Morgan fingerprint density at radius 2 is 1.78 bits per heavy atom. The van der Waals surface area contributed by atoms with E-state index in [0.717, 1.165) is 28.5 Å². The molecule has 0 saturated heterocycles. The van der Waals surface area contributed by atoms with Gasteiger partial charge in [-0.15, -0.1) is 0 Å². The summed E-state index contributed by atoms with van der Waals surface area (Å²) < 4.78 is 42.8. The van der Waals surface area contributed by atoms with E-state index in [2.05, 4.69) is 15.9 Å². The molecule has 154 valence electrons. The number of halogens is 3. The van der Waals surface area contributed by atoms with E-state index >= 15 is 0 Å². The molecule has 0 fully saturated rings. The normalized spacial score (nSPS) is 15.0. The molecule has 0 aromatic heterocycles. The Balaban J connectivity index is 3.81. The van der Waals surface area contributed by atoms with E-state index in [0.29, 0.717) is 10.2 Å². The van der Waals surface area contributed by atoms with Gasteiger partial charge in [0.1, 0.15) is 5.75 Å². The molecule has 1 atom stereocenters. The average molecular weight is 487 g/mol. The monoisotopic (exact) mass is 486 g/mol. The van der Waals surface area contributed by atoms with Crippen LogP contribution in [-0.4, -0.2) is 16.2 Å². The maximum atomic E-state index is 12.9. The average Bonchev–Trinajstić information content (AvgIpc) is 2.44. The van der Waals surface area contributed by atoms with Gasteiger partial charge in [-0.2, -0.15) is 8.78 Å². The lowest BCUT2D eigenvalue weighted by Gasteiger charge is -2.32. The summed E-state index contributed by atoms with van der Waals surface area (Å²) in [7, 11) is -5.13. The van der Waals surface area contributed by atoms with Crippen molar-refractivity contribution in [3.8, 4) is 5.75 Å². The number of hydrogen-bond donors (Lipinski definition) is 1. The van der Waals surface area contributed by atoms with Crippen LogP contribution in [0, 0.1) is 0 Å². The lowest BCUT2D eigenvalue weighted by molar-refractivity contribution is -0.109. The topological polar surface area (TPSA) is 63.6 Å². The van der Waals surface area contributed by atoms with E-state index in [1.807, 2.05) is 41.5 Å². The minimum absolute atomic E-state index is 0.0382. The zero-order valence-corrected chi connectivity index (χ0v) is 19.8. The molecule has 0 amide bonds. The summed E-state index contributed by atoms with van der Waals surface area (Å²) in [6.07, 6.45) is -3.51. The highest BCUT2D eigenvalue weighted by atomic mass is 79.9. The van der Waals surface area contributed by atoms with Crippen LogP contribution in [0.15, 0.2) is 10.5 Å². The van der Waals surface area contributed by atoms with E-state index in [-0.39, 0.29) is 10.9 Å². The minimum atomic E-state index is -5.13. The van der Waals surface area contributed by atoms with Gasteiger partial charge in [-0.1, -0.05) is 53.3 Å². The maximum absolute atomic E-state index is 12.9. The molecule has 1 N–H and O–H groups in total. The Hall–Kier alpha value is -0.430. The third kappa shape index (κ3) is 6.28. The van der Waals surface area contributed by atoms with Crippen molar-refractivity contribution < 1.29 is 27.6 Å². The van der Waals surface area contributed by atoms with Crippen LogP contribution in [0.1, 0.15) is 65.2 Å². The Kier molecular flexibility index (Phi) is 7.76. The summed E-state index contributed by atoms with van der Waals surface area (Å²) in [4.78, 5) is 21.0. The van der Waals surface area contributed by atoms with E-state index < -0.39 is 24.6 Å². The molecule has 0 radical (unpaired) electrons. The van der Waals surface area contributed by atoms with Crippen molar-refractivity contribution in [1.82, 2.24) is 0 Å². The molecule has 0 spiro atoms. The highest BCUT2D eigenvalue weighted by Gasteiger charge is 2.37. The van der Waals surface area contributed by atoms with Crippen molar-refractivity contribution in [2.24, 2.45) is 0 Å². The van der Waals surface area contributed by atoms with E-state index in [4.69, 9.17) is 4.52 Å². The Morgan fingerprint density at radius 1 is 1.26 bits per heavy atom. The summed E-state index contributed by atoms with van der Waals surface area (Å²) in [6.45, 7) is 13.1. The molecule has 0 aliphatic carbocycles. The summed E-state index contributed by atoms with van der Waals surface area (Å²) in [5.74, 6) is 0.298. The fourth-order valence-electron chi connectivity index (χ4n) is 2.69. The summed E-state index contributed by atoms with van der Waals surface area (Å²) in [6, 6.07) is 1.51. The first-order valence-corrected chi connectivity index (χ1v) is 11.7. The molecule has 1 aromatic rings. The Morgan fingerprint density at radius 3 is 2.15 bits per heavy atom. The molecule has 0 saturated carbocycles. The van der Waals surface area contributed by atoms with Crippen LogP contribution in [0.4, 0.5) is 8.78 Å². The quantitative estimate of drug-likeness (QED) is 0.474. The molecule has 0 heterocycles. The van der Waals surface area contributed by atoms with E-state index in [1.165, 1.54) is 13.0 Å². The molecule has 4 nitrogen and oxygen atoms in total. The smallest absolute Gasteiger partial charge is 0.420 e. The number of thioether (sulfide) groups is 1. The molecule has 0 aliphatic heterocycles. The van der Waals surface area contributed by atoms with Crippen LogP contribution >= 0.6 is 35.3 Å². The molecule has 1 aromatic carbocycles. The number of carbonyl (C=O) groups excluding carboxylic acids is 1. The molecular weight excluding hydrogens is 461 g/mol. The first-order chi connectivity index (χ1) is 12.0. The molecular formula is C18H26BrF2O4PS. The van der Waals surface area contributed by atoms with Crippen LogP contribution in [-0.2, 0) is 25.9 Å². The maximum Gasteiger partial charge on any atom is 0.442 e. The number of rotatable bonds is 5. The molecule has 0 aliphatic rings. The Labute approximate surface area is 172 Å². The SMILES string of the molecule is CC(=O)SCc1c(C(C)(C)C)cc(OP(=O)(O)C(F)F)c(Br)c1C(C)(C)C. The van der Waals surface area contributed by atoms with Gasteiger partial charge in [-0.3, -0.25) is 4.79 Å². The summed E-state index contributed by atoms with van der Waals surface area (Å²) >= 11 is 4.53. The second-order valence-corrected chi connectivity index (χ2v) is 11.9. The second-order valence-electron chi connectivity index (χ2n) is 8.30. The van der Waals surface area contributed by atoms with Crippen LogP contribution in [0.5, 0.6) is 5.75 Å². The summed E-state index contributed by atoms with van der Waals surface area (Å²) in [5.41, 5.74) is 1.58. The fourth-order valence-corrected chi connectivity index (χ4v) is 5.00. The predicted molar refractivity (Wildman–Crippen MR) is 110 cm³/mol. The number of carbonyl (C=O) groups is 1. The van der Waals surface area contributed by atoms with Gasteiger partial charge in [0.15, 0.2) is 5.12 Å². The first kappa shape index (κ1) is 24.6. The molecule has 1 rings (SSSR count). The standard InChI is InChI=1S/C18H26BrF2O4PS/c1-10(22)27-9-11-12(17(2,3)4)8-13(25-26(23,24)16(20)21)15(19)14(11)18(5,6)7/h8,16H,9H2,1-7H3,(H,23,24). The van der Waals surface area contributed by atoms with Gasteiger partial charge >= 0.3 is 13.8 Å². The van der Waals surface area contributed by atoms with Gasteiger partial charge in [0.2, 0.25) is 0 Å². The third-order valence-electron chi connectivity index (χ3n) is 3.79. The predicted octanol–water partition coefficient (Wildman–Crippen LogP) is 6.61. The highest BCUT2D eigenvalue weighted by molar-refractivity contribution is 9.10. The van der Waals surface area contributed by atoms with Crippen molar-refractivity contribution >= 4 is 40.4 Å². The van der Waals surface area contributed by atoms with Crippen molar-refractivity contribution in [2.45, 2.75) is 71.2 Å². The molecule has 9 heteroatoms. The molecule has 27 heavy (non-hydrogen) atoms. The van der Waals surface area contributed by atoms with Crippen LogP contribution in [0.2, 0.25) is 0 Å². The van der Waals surface area contributed by atoms with Gasteiger partial charge in [-0.05, 0) is 49.5 Å². The lowest BCUT2D eigenvalue weighted by Crippen LogP contribution is -2.22. The van der Waals surface area contributed by atoms with Gasteiger partial charge in [0.05, 0.1) is 4.47 Å². The highest BCUT2D eigenvalue weighted by Crippen LogP contribution is 2.53. The zero-order valence-electron chi connectivity index (χ0n) is 16.5. The fraction of sp³-hybridized carbons (Fsp3) is 0.611. The largest absolute Gasteiger partial charge is 0.442 e. The van der Waals surface area contributed by atoms with Crippen LogP contribution in [0.25, 0.3) is 0 Å². The third-order valence-corrected chi connectivity index (χ3v) is 6.37. The molecule has 0 bridgehead atoms. The zero-order chi connectivity index (χ0) is 21.4. The van der Waals surface area contributed by atoms with Crippen molar-refractivity contribution in [3.05, 3.63) is 27.2 Å². The van der Waals surface area contributed by atoms with Gasteiger partial charge < -0.3 is 9.42 Å².